The number of hydrogen-bond donors (Lipinski definition) is 1. The molecule has 62 heavy (non-hydrogen) atoms. The van der Waals surface area contributed by atoms with Gasteiger partial charge in [-0.1, -0.05) is 836 Å². The van der Waals surface area contributed by atoms with Crippen molar-refractivity contribution in [3.8, 4) is 0 Å². The molecule has 0 aromatic heterocycles. The molecule has 1 N–H and O–H groups in total. The first-order valence-corrected chi connectivity index (χ1v) is 56.1. The normalized spacial score (nSPS) is 17.5. The van der Waals surface area contributed by atoms with E-state index in [1.165, 1.54) is 0 Å². The van der Waals surface area contributed by atoms with Crippen molar-refractivity contribution < 1.29 is 13.0 Å². The predicted molar refractivity (Wildman–Crippen MR) is 610 cm³/mol. The van der Waals surface area contributed by atoms with Crippen LogP contribution >= 0.6 is 881 Å². The molecule has 0 aliphatic rings. The molecule has 0 unspecified atom stereocenters. The van der Waals surface area contributed by atoms with Gasteiger partial charge in [0.25, 0.3) is 10.1 Å². The summed E-state index contributed by atoms with van der Waals surface area (Å²) in [7, 11) is -4.44. The van der Waals surface area contributed by atoms with Crippen molar-refractivity contribution >= 4 is 891 Å². The van der Waals surface area contributed by atoms with Gasteiger partial charge in [0, 0.05) is 0 Å². The van der Waals surface area contributed by atoms with Crippen LogP contribution in [0.5, 0.6) is 0 Å². The number of halogens is 39. The van der Waals surface area contributed by atoms with Crippen LogP contribution < -0.4 is 0 Å². The van der Waals surface area contributed by atoms with Gasteiger partial charge in [-0.15, -0.1) is 0 Å². The second-order valence-electron chi connectivity index (χ2n) is 11.3. The van der Waals surface area contributed by atoms with Crippen molar-refractivity contribution in [3.63, 3.8) is 0 Å². The predicted octanol–water partition coefficient (Wildman–Crippen LogP) is 30.0. The van der Waals surface area contributed by atoms with Gasteiger partial charge in [0.15, 0.2) is 0 Å². The van der Waals surface area contributed by atoms with Crippen molar-refractivity contribution in [2.75, 3.05) is 0 Å². The molecule has 0 saturated carbocycles. The van der Waals surface area contributed by atoms with Gasteiger partial charge in [-0.3, -0.25) is 4.55 Å². The average Bonchev–Trinajstić information content (AvgIpc) is 3.01. The third-order valence-corrected chi connectivity index (χ3v) is 148. The number of rotatable bonds is 19. The third-order valence-electron chi connectivity index (χ3n) is 7.35. The minimum atomic E-state index is -4.44. The van der Waals surface area contributed by atoms with E-state index in [4.69, 9.17) is 0 Å². The van der Waals surface area contributed by atoms with Crippen LogP contribution in [0.2, 0.25) is 0 Å². The zero-order valence-corrected chi connectivity index (χ0v) is 111. The SMILES string of the molecule is O=S(=O)(O)C(I)(I)C(I)(I)C(I)(I)C(I)(I)C(I)(I)C(I)(I)C(I)(I)C(I)(I)C(I)(I)C(I)(I)C(I)(I)C(I)(I)C(I)(I)C(I)(I)C(I)(I)C(I)(I)C(I)(I)C(I)(I)C(I)(I)I. The van der Waals surface area contributed by atoms with Crippen molar-refractivity contribution in [1.82, 2.24) is 0 Å². The Morgan fingerprint density at radius 1 is 0.194 bits per heavy atom. The Kier molecular flexibility index (Phi) is 46.2. The molecule has 0 aromatic rings. The van der Waals surface area contributed by atoms with Crippen LogP contribution in [-0.2, 0) is 10.1 Å². The molecule has 0 saturated heterocycles. The van der Waals surface area contributed by atoms with Crippen LogP contribution in [0, 0.1) is 0 Å². The molecular weight excluding hydrogens is 5260 g/mol. The summed E-state index contributed by atoms with van der Waals surface area (Å²) in [4.78, 5) is 0. The van der Waals surface area contributed by atoms with E-state index in [0.717, 1.165) is 0 Å². The van der Waals surface area contributed by atoms with E-state index in [-0.39, 0.29) is 12.3 Å². The molecule has 0 fully saturated rings. The zero-order valence-electron chi connectivity index (χ0n) is 25.9. The maximum Gasteiger partial charge on any atom is 0.291 e. The van der Waals surface area contributed by atoms with Gasteiger partial charge < -0.3 is 0 Å². The Hall–Kier alpha value is 28.4. The van der Waals surface area contributed by atoms with Crippen LogP contribution in [0.3, 0.4) is 0 Å². The highest BCUT2D eigenvalue weighted by Crippen LogP contribution is 2.86. The minimum absolute atomic E-state index is 0.0408. The first-order chi connectivity index (χ1) is 25.8. The molecule has 0 amide bonds. The average molecular weight is 5260 g/mol. The van der Waals surface area contributed by atoms with Crippen molar-refractivity contribution in [3.05, 3.63) is 0 Å². The molecular formula is C19HI39O3S. The highest BCUT2D eigenvalue weighted by atomic mass is 127. The molecule has 0 rings (SSSR count). The summed E-state index contributed by atoms with van der Waals surface area (Å²) in [6, 6.07) is 0. The van der Waals surface area contributed by atoms with Crippen molar-refractivity contribution in [2.24, 2.45) is 0 Å². The van der Waals surface area contributed by atoms with Crippen LogP contribution in [-0.4, -0.2) is 37.4 Å². The van der Waals surface area contributed by atoms with Gasteiger partial charge in [0.1, 0.15) is 23.7 Å². The highest BCUT2D eigenvalue weighted by Gasteiger charge is 2.84. The molecule has 0 aliphatic carbocycles. The highest BCUT2D eigenvalue weighted by molar-refractivity contribution is 14.3. The first kappa shape index (κ1) is 90.4. The van der Waals surface area contributed by atoms with Gasteiger partial charge in [-0.05, 0) is 45.2 Å². The topological polar surface area (TPSA) is 54.4 Å². The summed E-state index contributed by atoms with van der Waals surface area (Å²) < 4.78 is 28.0. The minimum Gasteiger partial charge on any atom is -0.284 e. The van der Waals surface area contributed by atoms with Crippen LogP contribution in [0.4, 0.5) is 0 Å². The lowest BCUT2D eigenvalue weighted by Gasteiger charge is -2.63. The largest absolute Gasteiger partial charge is 0.291 e. The first-order valence-electron chi connectivity index (χ1n) is 12.6. The molecule has 0 heterocycles. The summed E-state index contributed by atoms with van der Waals surface area (Å²) in [6.07, 6.45) is 0. The van der Waals surface area contributed by atoms with Crippen molar-refractivity contribution in [1.29, 1.82) is 0 Å². The molecule has 0 aromatic carbocycles. The molecule has 43 heteroatoms. The molecule has 3 nitrogen and oxygen atoms in total. The zero-order chi connectivity index (χ0) is 52.0. The third kappa shape index (κ3) is 17.0. The Labute approximate surface area is 896 Å². The van der Waals surface area contributed by atoms with Gasteiger partial charge in [0.05, 0.1) is 0 Å². The maximum absolute atomic E-state index is 13.0. The Bertz CT molecular complexity index is 1780. The molecule has 0 aliphatic heterocycles. The van der Waals surface area contributed by atoms with Crippen LogP contribution in [0.1, 0.15) is 0 Å². The van der Waals surface area contributed by atoms with Gasteiger partial charge in [0.2, 0.25) is 0.760 Å². The van der Waals surface area contributed by atoms with Gasteiger partial charge >= 0.3 is 0 Å². The van der Waals surface area contributed by atoms with Gasteiger partial charge in [-0.2, -0.15) is 8.42 Å². The number of alkyl halides is 39. The summed E-state index contributed by atoms with van der Waals surface area (Å²) in [5.74, 6) is 0. The summed E-state index contributed by atoms with van der Waals surface area (Å²) in [6.45, 7) is 0. The summed E-state index contributed by atoms with van der Waals surface area (Å²) in [5.41, 5.74) is 0. The second kappa shape index (κ2) is 31.7. The van der Waals surface area contributed by atoms with E-state index < -0.39 is 22.3 Å². The lowest BCUT2D eigenvalue weighted by molar-refractivity contribution is 0.477. The lowest BCUT2D eigenvalue weighted by atomic mass is 10.0. The standard InChI is InChI=1S/C19HI39O3S/c20-1(21,2(22,23)4(26,27)6(30,31)8(34,35)10(38,39)12(42,43)14(46,47)16(50,51)18(54,55)56)3(24,25)5(28,29)7(32,33)9(36,37)11(40,41)13(44,45)15(48,49)17(52,53)19(57,58)62(59,60)61/h(H,59,60,61). The van der Waals surface area contributed by atoms with Crippen LogP contribution in [0.15, 0.2) is 0 Å². The molecule has 374 valence electrons. The molecule has 0 spiro atoms. The van der Waals surface area contributed by atoms with Gasteiger partial charge in [-0.25, -0.2) is 0 Å². The summed E-state index contributed by atoms with van der Waals surface area (Å²) in [5, 5.41) is 0. The maximum atomic E-state index is 13.0. The van der Waals surface area contributed by atoms with E-state index in [0.29, 0.717) is 0 Å². The fourth-order valence-corrected chi connectivity index (χ4v) is 70.0. The lowest BCUT2D eigenvalue weighted by Crippen LogP contribution is -2.73. The second-order valence-corrected chi connectivity index (χ2v) is 121. The summed E-state index contributed by atoms with van der Waals surface area (Å²) >= 11 is 104. The Morgan fingerprint density at radius 3 is 0.387 bits per heavy atom. The van der Waals surface area contributed by atoms with E-state index in [2.05, 4.69) is 836 Å². The molecule has 0 atom stereocenters. The van der Waals surface area contributed by atoms with E-state index >= 15 is 0 Å². The fraction of sp³-hybridized carbons (Fsp3) is 1.00. The number of hydrogen-bond acceptors (Lipinski definition) is 2. The Balaban J connectivity index is 8.00. The van der Waals surface area contributed by atoms with Crippen molar-refractivity contribution in [2.45, 2.75) is 24.5 Å². The molecule has 0 bridgehead atoms. The Morgan fingerprint density at radius 2 is 0.290 bits per heavy atom. The fourth-order valence-electron chi connectivity index (χ4n) is 3.48. The quantitative estimate of drug-likeness (QED) is 0.0797. The molecule has 0 radical (unpaired) electrons. The van der Waals surface area contributed by atoms with Crippen LogP contribution in [0.25, 0.3) is 0 Å². The van der Waals surface area contributed by atoms with E-state index in [1.54, 1.807) is 0 Å². The smallest absolute Gasteiger partial charge is 0.284 e. The van der Waals surface area contributed by atoms with E-state index in [1.807, 2.05) is 45.2 Å². The van der Waals surface area contributed by atoms with E-state index in [9.17, 15) is 13.0 Å². The monoisotopic (exact) mass is 5260 g/mol.